The number of ether oxygens (including phenoxy) is 1. The summed E-state index contributed by atoms with van der Waals surface area (Å²) in [4.78, 5) is 23.3. The van der Waals surface area contributed by atoms with Crippen LogP contribution < -0.4 is 4.90 Å². The van der Waals surface area contributed by atoms with Crippen molar-refractivity contribution in [2.24, 2.45) is 0 Å². The molecule has 12 heteroatoms. The molecule has 0 radical (unpaired) electrons. The summed E-state index contributed by atoms with van der Waals surface area (Å²) in [7, 11) is -3.47. The van der Waals surface area contributed by atoms with E-state index in [2.05, 4.69) is 0 Å². The lowest BCUT2D eigenvalue weighted by atomic mass is 10.2. The number of esters is 1. The average molecular weight is 458 g/mol. The van der Waals surface area contributed by atoms with Crippen molar-refractivity contribution in [2.45, 2.75) is 28.8 Å². The number of hydrogen-bond donors (Lipinski definition) is 0. The zero-order valence-corrected chi connectivity index (χ0v) is 16.9. The monoisotopic (exact) mass is 458 g/mol. The smallest absolute Gasteiger partial charge is 0.417 e. The lowest BCUT2D eigenvalue weighted by Gasteiger charge is -2.24. The molecular weight excluding hydrogens is 441 g/mol. The first kappa shape index (κ1) is 22.5. The van der Waals surface area contributed by atoms with Crippen molar-refractivity contribution in [3.8, 4) is 0 Å². The maximum absolute atomic E-state index is 13.4. The molecule has 2 aromatic carbocycles. The molecular formula is C19H17F3N2O6S. The second kappa shape index (κ2) is 8.17. The Bertz CT molecular complexity index is 1120. The van der Waals surface area contributed by atoms with Crippen LogP contribution in [0.15, 0.2) is 53.4 Å². The first-order valence-corrected chi connectivity index (χ1v) is 10.5. The summed E-state index contributed by atoms with van der Waals surface area (Å²) in [6, 6.07) is 7.96. The summed E-state index contributed by atoms with van der Waals surface area (Å²) in [5, 5.41) is 9.98. The number of sulfone groups is 1. The van der Waals surface area contributed by atoms with Gasteiger partial charge in [-0.05, 0) is 24.6 Å². The first-order valence-electron chi connectivity index (χ1n) is 8.96. The van der Waals surface area contributed by atoms with Crippen molar-refractivity contribution in [1.29, 1.82) is 0 Å². The second-order valence-corrected chi connectivity index (χ2v) is 9.03. The molecule has 1 fully saturated rings. The maximum atomic E-state index is 13.4. The molecule has 31 heavy (non-hydrogen) atoms. The van der Waals surface area contributed by atoms with E-state index in [0.29, 0.717) is 6.07 Å². The standard InChI is InChI=1S/C19H17F3N2O6S/c1-30-18(25)16-10-12(11-23(16)14-7-3-4-8-15(14)24(26)27)31(28,29)17-9-5-2-6-13(17)19(20,21)22/h2-9,12,16H,10-11H2,1H3/t12-,16?/m1/s1. The third-order valence-corrected chi connectivity index (χ3v) is 7.25. The predicted molar refractivity (Wildman–Crippen MR) is 103 cm³/mol. The molecule has 0 amide bonds. The number of anilines is 1. The van der Waals surface area contributed by atoms with Crippen LogP contribution in [0.3, 0.4) is 0 Å². The molecule has 166 valence electrons. The second-order valence-electron chi connectivity index (χ2n) is 6.83. The molecule has 2 aromatic rings. The van der Waals surface area contributed by atoms with Gasteiger partial charge in [-0.1, -0.05) is 24.3 Å². The topological polar surface area (TPSA) is 107 Å². The zero-order valence-electron chi connectivity index (χ0n) is 16.1. The molecule has 0 aliphatic carbocycles. The summed E-state index contributed by atoms with van der Waals surface area (Å²) in [5.74, 6) is -0.847. The van der Waals surface area contributed by atoms with Gasteiger partial charge < -0.3 is 9.64 Å². The number of nitrogens with zero attached hydrogens (tertiary/aromatic N) is 2. The molecule has 1 saturated heterocycles. The predicted octanol–water partition coefficient (Wildman–Crippen LogP) is 3.21. The fourth-order valence-electron chi connectivity index (χ4n) is 3.64. The number of rotatable bonds is 5. The van der Waals surface area contributed by atoms with Crippen LogP contribution in [0.1, 0.15) is 12.0 Å². The van der Waals surface area contributed by atoms with E-state index in [9.17, 15) is 36.5 Å². The van der Waals surface area contributed by atoms with Crippen molar-refractivity contribution < 1.29 is 36.0 Å². The van der Waals surface area contributed by atoms with Crippen LogP contribution in [0.4, 0.5) is 24.5 Å². The van der Waals surface area contributed by atoms with E-state index >= 15 is 0 Å². The van der Waals surface area contributed by atoms with Gasteiger partial charge in [0.1, 0.15) is 11.7 Å². The van der Waals surface area contributed by atoms with Crippen LogP contribution in [0, 0.1) is 10.1 Å². The number of nitro groups is 1. The largest absolute Gasteiger partial charge is 0.467 e. The van der Waals surface area contributed by atoms with E-state index in [0.717, 1.165) is 19.2 Å². The van der Waals surface area contributed by atoms with E-state index in [1.807, 2.05) is 0 Å². The summed E-state index contributed by atoms with van der Waals surface area (Å²) in [6.45, 7) is -0.418. The average Bonchev–Trinajstić information content (AvgIpc) is 3.18. The molecule has 0 saturated carbocycles. The van der Waals surface area contributed by atoms with Crippen molar-refractivity contribution in [2.75, 3.05) is 18.6 Å². The Labute approximate surface area is 175 Å². The van der Waals surface area contributed by atoms with Gasteiger partial charge in [-0.15, -0.1) is 0 Å². The lowest BCUT2D eigenvalue weighted by molar-refractivity contribution is -0.384. The van der Waals surface area contributed by atoms with Gasteiger partial charge in [0.25, 0.3) is 5.69 Å². The van der Waals surface area contributed by atoms with E-state index in [1.54, 1.807) is 0 Å². The van der Waals surface area contributed by atoms with E-state index in [1.165, 1.54) is 35.2 Å². The highest BCUT2D eigenvalue weighted by molar-refractivity contribution is 7.92. The lowest BCUT2D eigenvalue weighted by Crippen LogP contribution is -2.37. The van der Waals surface area contributed by atoms with Crippen LogP contribution in [0.5, 0.6) is 0 Å². The Balaban J connectivity index is 2.08. The highest BCUT2D eigenvalue weighted by atomic mass is 32.2. The molecule has 1 aliphatic rings. The number of para-hydroxylation sites is 2. The van der Waals surface area contributed by atoms with Crippen molar-refractivity contribution in [3.63, 3.8) is 0 Å². The number of carbonyl (C=O) groups is 1. The minimum absolute atomic E-state index is 0.0234. The quantitative estimate of drug-likeness (QED) is 0.385. The van der Waals surface area contributed by atoms with Crippen LogP contribution in [-0.4, -0.2) is 44.3 Å². The van der Waals surface area contributed by atoms with E-state index in [4.69, 9.17) is 4.74 Å². The first-order chi connectivity index (χ1) is 14.5. The zero-order chi connectivity index (χ0) is 23.0. The third kappa shape index (κ3) is 4.20. The summed E-state index contributed by atoms with van der Waals surface area (Å²) < 4.78 is 71.1. The molecule has 3 rings (SSSR count). The maximum Gasteiger partial charge on any atom is 0.417 e. The van der Waals surface area contributed by atoms with Crippen molar-refractivity contribution in [3.05, 3.63) is 64.2 Å². The summed E-state index contributed by atoms with van der Waals surface area (Å²) >= 11 is 0. The summed E-state index contributed by atoms with van der Waals surface area (Å²) in [6.07, 6.45) is -5.28. The van der Waals surface area contributed by atoms with Gasteiger partial charge in [0.05, 0.1) is 27.7 Å². The fourth-order valence-corrected chi connectivity index (χ4v) is 5.55. The van der Waals surface area contributed by atoms with Gasteiger partial charge in [0.15, 0.2) is 9.84 Å². The van der Waals surface area contributed by atoms with Crippen LogP contribution >= 0.6 is 0 Å². The number of alkyl halides is 3. The van der Waals surface area contributed by atoms with Crippen LogP contribution in [0.25, 0.3) is 0 Å². The van der Waals surface area contributed by atoms with Gasteiger partial charge in [-0.3, -0.25) is 10.1 Å². The molecule has 0 aromatic heterocycles. The molecule has 0 spiro atoms. The van der Waals surface area contributed by atoms with Gasteiger partial charge in [-0.25, -0.2) is 13.2 Å². The third-order valence-electron chi connectivity index (χ3n) is 5.06. The molecule has 8 nitrogen and oxygen atoms in total. The normalized spacial score (nSPS) is 19.3. The number of hydrogen-bond acceptors (Lipinski definition) is 7. The molecule has 0 N–H and O–H groups in total. The minimum Gasteiger partial charge on any atom is -0.467 e. The SMILES string of the molecule is COC(=O)C1C[C@@H](S(=O)(=O)c2ccccc2C(F)(F)F)CN1c1ccccc1[N+](=O)[O-]. The molecule has 1 aliphatic heterocycles. The highest BCUT2D eigenvalue weighted by Gasteiger charge is 2.47. The number of methoxy groups -OCH3 is 1. The number of halogens is 3. The van der Waals surface area contributed by atoms with E-state index in [-0.39, 0.29) is 17.8 Å². The molecule has 1 heterocycles. The van der Waals surface area contributed by atoms with Gasteiger partial charge >= 0.3 is 12.1 Å². The Morgan fingerprint density at radius 1 is 1.16 bits per heavy atom. The van der Waals surface area contributed by atoms with Crippen LogP contribution in [-0.2, 0) is 25.5 Å². The molecule has 1 unspecified atom stereocenters. The summed E-state index contributed by atoms with van der Waals surface area (Å²) in [5.41, 5.74) is -1.70. The number of carbonyl (C=O) groups excluding carboxylic acids is 1. The van der Waals surface area contributed by atoms with E-state index < -0.39 is 55.2 Å². The van der Waals surface area contributed by atoms with Crippen molar-refractivity contribution in [1.82, 2.24) is 0 Å². The number of nitro benzene ring substituents is 1. The minimum atomic E-state index is -4.90. The fraction of sp³-hybridized carbons (Fsp3) is 0.316. The molecule has 2 atom stereocenters. The van der Waals surface area contributed by atoms with Gasteiger partial charge in [0.2, 0.25) is 0 Å². The van der Waals surface area contributed by atoms with Gasteiger partial charge in [0, 0.05) is 12.6 Å². The Morgan fingerprint density at radius 2 is 1.77 bits per heavy atom. The highest BCUT2D eigenvalue weighted by Crippen LogP contribution is 2.40. The molecule has 0 bridgehead atoms. The Kier molecular flexibility index (Phi) is 5.94. The van der Waals surface area contributed by atoms with Gasteiger partial charge in [-0.2, -0.15) is 13.2 Å². The van der Waals surface area contributed by atoms with Crippen molar-refractivity contribution >= 4 is 27.2 Å². The Morgan fingerprint density at radius 3 is 2.39 bits per heavy atom. The number of benzene rings is 2. The van der Waals surface area contributed by atoms with Crippen LogP contribution in [0.2, 0.25) is 0 Å². The Hall–Kier alpha value is -3.15.